The standard InChI is InChI=1S/C16H13F3N2O2S/c17-11-4-5-14-12(8-11)10(9-20-14)6-7-21-24(22,23)15-3-1-2-13(18)16(15)19/h1-5,8-9,20-21H,6-7H2. The summed E-state index contributed by atoms with van der Waals surface area (Å²) in [6, 6.07) is 7.20. The van der Waals surface area contributed by atoms with Crippen molar-refractivity contribution >= 4 is 20.9 Å². The Bertz CT molecular complexity index is 1000. The second-order valence-corrected chi connectivity index (χ2v) is 6.94. The molecule has 8 heteroatoms. The summed E-state index contributed by atoms with van der Waals surface area (Å²) in [4.78, 5) is 2.21. The maximum atomic E-state index is 13.6. The van der Waals surface area contributed by atoms with Crippen LogP contribution in [0.3, 0.4) is 0 Å². The van der Waals surface area contributed by atoms with E-state index in [0.717, 1.165) is 23.7 Å². The van der Waals surface area contributed by atoms with Crippen LogP contribution >= 0.6 is 0 Å². The van der Waals surface area contributed by atoms with E-state index in [1.165, 1.54) is 12.1 Å². The summed E-state index contributed by atoms with van der Waals surface area (Å²) < 4.78 is 66.4. The molecule has 3 rings (SSSR count). The first-order chi connectivity index (χ1) is 11.4. The Morgan fingerprint density at radius 3 is 2.67 bits per heavy atom. The molecule has 126 valence electrons. The minimum Gasteiger partial charge on any atom is -0.361 e. The van der Waals surface area contributed by atoms with Crippen LogP contribution in [0.1, 0.15) is 5.56 Å². The lowest BCUT2D eigenvalue weighted by atomic mass is 10.1. The van der Waals surface area contributed by atoms with Gasteiger partial charge in [0.25, 0.3) is 0 Å². The van der Waals surface area contributed by atoms with Crippen LogP contribution in [0.4, 0.5) is 13.2 Å². The molecule has 0 aliphatic rings. The number of benzene rings is 2. The van der Waals surface area contributed by atoms with Gasteiger partial charge in [-0.1, -0.05) is 6.07 Å². The van der Waals surface area contributed by atoms with Crippen molar-refractivity contribution in [2.24, 2.45) is 0 Å². The fraction of sp³-hybridized carbons (Fsp3) is 0.125. The third-order valence-electron chi connectivity index (χ3n) is 3.62. The second kappa shape index (κ2) is 6.29. The number of rotatable bonds is 5. The number of halogens is 3. The van der Waals surface area contributed by atoms with E-state index in [1.54, 1.807) is 12.3 Å². The van der Waals surface area contributed by atoms with Gasteiger partial charge >= 0.3 is 0 Å². The quantitative estimate of drug-likeness (QED) is 0.740. The molecular weight excluding hydrogens is 341 g/mol. The molecule has 0 spiro atoms. The normalized spacial score (nSPS) is 12.0. The number of H-pyrrole nitrogens is 1. The van der Waals surface area contributed by atoms with E-state index in [2.05, 4.69) is 9.71 Å². The largest absolute Gasteiger partial charge is 0.361 e. The Hall–Kier alpha value is -2.32. The van der Waals surface area contributed by atoms with E-state index < -0.39 is 32.4 Å². The van der Waals surface area contributed by atoms with Crippen LogP contribution in [0.15, 0.2) is 47.5 Å². The highest BCUT2D eigenvalue weighted by molar-refractivity contribution is 7.89. The molecule has 2 aromatic carbocycles. The fourth-order valence-corrected chi connectivity index (χ4v) is 3.56. The number of sulfonamides is 1. The van der Waals surface area contributed by atoms with Gasteiger partial charge in [0.2, 0.25) is 10.0 Å². The average Bonchev–Trinajstić information content (AvgIpc) is 2.92. The van der Waals surface area contributed by atoms with Crippen LogP contribution in [0, 0.1) is 17.5 Å². The van der Waals surface area contributed by atoms with E-state index in [1.807, 2.05) is 0 Å². The summed E-state index contributed by atoms with van der Waals surface area (Å²) in [7, 11) is -4.18. The van der Waals surface area contributed by atoms with Gasteiger partial charge in [0.1, 0.15) is 10.7 Å². The third-order valence-corrected chi connectivity index (χ3v) is 5.10. The Kier molecular flexibility index (Phi) is 4.33. The molecule has 1 aromatic heterocycles. The van der Waals surface area contributed by atoms with Gasteiger partial charge < -0.3 is 4.98 Å². The van der Waals surface area contributed by atoms with Gasteiger partial charge in [0.05, 0.1) is 0 Å². The number of fused-ring (bicyclic) bond motifs is 1. The van der Waals surface area contributed by atoms with Gasteiger partial charge in [-0.2, -0.15) is 0 Å². The molecule has 0 unspecified atom stereocenters. The summed E-state index contributed by atoms with van der Waals surface area (Å²) in [6.07, 6.45) is 1.92. The fourth-order valence-electron chi connectivity index (χ4n) is 2.45. The smallest absolute Gasteiger partial charge is 0.243 e. The van der Waals surface area contributed by atoms with Crippen molar-refractivity contribution in [3.05, 3.63) is 65.6 Å². The van der Waals surface area contributed by atoms with Crippen LogP contribution in [0.2, 0.25) is 0 Å². The molecule has 0 radical (unpaired) electrons. The van der Waals surface area contributed by atoms with Crippen molar-refractivity contribution in [2.45, 2.75) is 11.3 Å². The molecule has 0 atom stereocenters. The zero-order chi connectivity index (χ0) is 17.3. The number of nitrogens with one attached hydrogen (secondary N) is 2. The molecule has 3 aromatic rings. The Morgan fingerprint density at radius 2 is 1.88 bits per heavy atom. The lowest BCUT2D eigenvalue weighted by molar-refractivity contribution is 0.483. The number of aromatic nitrogens is 1. The maximum absolute atomic E-state index is 13.6. The van der Waals surface area contributed by atoms with Crippen LogP contribution in [0.5, 0.6) is 0 Å². The van der Waals surface area contributed by atoms with Crippen LogP contribution in [0.25, 0.3) is 10.9 Å². The van der Waals surface area contributed by atoms with E-state index >= 15 is 0 Å². The average molecular weight is 354 g/mol. The summed E-state index contributed by atoms with van der Waals surface area (Å²) in [5.41, 5.74) is 1.44. The third kappa shape index (κ3) is 3.15. The van der Waals surface area contributed by atoms with Gasteiger partial charge in [-0.25, -0.2) is 26.3 Å². The van der Waals surface area contributed by atoms with Crippen molar-refractivity contribution in [1.29, 1.82) is 0 Å². The van der Waals surface area contributed by atoms with Gasteiger partial charge in [-0.15, -0.1) is 0 Å². The second-order valence-electron chi connectivity index (χ2n) is 5.20. The molecule has 1 heterocycles. The monoisotopic (exact) mass is 354 g/mol. The number of hydrogen-bond donors (Lipinski definition) is 2. The van der Waals surface area contributed by atoms with E-state index in [-0.39, 0.29) is 13.0 Å². The Labute approximate surface area is 136 Å². The molecule has 0 saturated carbocycles. The Morgan fingerprint density at radius 1 is 1.08 bits per heavy atom. The molecule has 0 fully saturated rings. The summed E-state index contributed by atoms with van der Waals surface area (Å²) in [5.74, 6) is -3.05. The predicted octanol–water partition coefficient (Wildman–Crippen LogP) is 3.11. The molecule has 0 saturated heterocycles. The molecule has 4 nitrogen and oxygen atoms in total. The Balaban J connectivity index is 1.75. The molecule has 0 amide bonds. The first-order valence-corrected chi connectivity index (χ1v) is 8.56. The highest BCUT2D eigenvalue weighted by Gasteiger charge is 2.21. The van der Waals surface area contributed by atoms with Gasteiger partial charge in [0, 0.05) is 23.6 Å². The van der Waals surface area contributed by atoms with Crippen molar-refractivity contribution in [2.75, 3.05) is 6.54 Å². The number of aromatic amines is 1. The van der Waals surface area contributed by atoms with Gasteiger partial charge in [-0.05, 0) is 42.3 Å². The molecular formula is C16H13F3N2O2S. The molecule has 0 aliphatic heterocycles. The minimum absolute atomic E-state index is 0.0399. The lowest BCUT2D eigenvalue weighted by Gasteiger charge is -2.07. The predicted molar refractivity (Wildman–Crippen MR) is 83.5 cm³/mol. The highest BCUT2D eigenvalue weighted by atomic mass is 32.2. The zero-order valence-corrected chi connectivity index (χ0v) is 13.1. The zero-order valence-electron chi connectivity index (χ0n) is 12.3. The highest BCUT2D eigenvalue weighted by Crippen LogP contribution is 2.20. The van der Waals surface area contributed by atoms with Gasteiger partial charge in [0.15, 0.2) is 11.6 Å². The van der Waals surface area contributed by atoms with E-state index in [0.29, 0.717) is 10.9 Å². The first-order valence-electron chi connectivity index (χ1n) is 7.08. The summed E-state index contributed by atoms with van der Waals surface area (Å²) in [6.45, 7) is -0.0399. The van der Waals surface area contributed by atoms with Crippen LogP contribution in [-0.2, 0) is 16.4 Å². The minimum atomic E-state index is -4.18. The lowest BCUT2D eigenvalue weighted by Crippen LogP contribution is -2.27. The van der Waals surface area contributed by atoms with Gasteiger partial charge in [-0.3, -0.25) is 0 Å². The van der Waals surface area contributed by atoms with Crippen molar-refractivity contribution < 1.29 is 21.6 Å². The SMILES string of the molecule is O=S(=O)(NCCc1c[nH]c2ccc(F)cc12)c1cccc(F)c1F. The van der Waals surface area contributed by atoms with Crippen LogP contribution < -0.4 is 4.72 Å². The molecule has 24 heavy (non-hydrogen) atoms. The van der Waals surface area contributed by atoms with E-state index in [4.69, 9.17) is 0 Å². The summed E-state index contributed by atoms with van der Waals surface area (Å²) in [5, 5.41) is 0.645. The summed E-state index contributed by atoms with van der Waals surface area (Å²) >= 11 is 0. The maximum Gasteiger partial charge on any atom is 0.243 e. The van der Waals surface area contributed by atoms with Crippen molar-refractivity contribution in [1.82, 2.24) is 9.71 Å². The topological polar surface area (TPSA) is 62.0 Å². The van der Waals surface area contributed by atoms with E-state index in [9.17, 15) is 21.6 Å². The molecule has 2 N–H and O–H groups in total. The molecule has 0 aliphatic carbocycles. The first kappa shape index (κ1) is 16.5. The molecule has 0 bridgehead atoms. The van der Waals surface area contributed by atoms with Crippen molar-refractivity contribution in [3.8, 4) is 0 Å². The number of hydrogen-bond acceptors (Lipinski definition) is 2. The van der Waals surface area contributed by atoms with Crippen LogP contribution in [-0.4, -0.2) is 19.9 Å². The van der Waals surface area contributed by atoms with Crippen molar-refractivity contribution in [3.63, 3.8) is 0 Å².